The first-order chi connectivity index (χ1) is 7.18. The molecule has 1 heterocycles. The van der Waals surface area contributed by atoms with Gasteiger partial charge in [0.1, 0.15) is 0 Å². The Bertz CT molecular complexity index is 277. The van der Waals surface area contributed by atoms with Crippen LogP contribution in [-0.2, 0) is 9.59 Å². The number of carboxylic acids is 1. The topological polar surface area (TPSA) is 57.6 Å². The molecule has 0 radical (unpaired) electrons. The second-order valence-corrected chi connectivity index (χ2v) is 4.58. The minimum atomic E-state index is -0.691. The molecule has 1 saturated carbocycles. The molecule has 1 aliphatic carbocycles. The van der Waals surface area contributed by atoms with Crippen LogP contribution in [-0.4, -0.2) is 35.0 Å². The highest BCUT2D eigenvalue weighted by Crippen LogP contribution is 2.33. The number of carboxylic acid groups (broad SMARTS) is 1. The first-order valence-electron chi connectivity index (χ1n) is 5.69. The Morgan fingerprint density at radius 2 is 2.20 bits per heavy atom. The molecule has 0 aromatic carbocycles. The largest absolute Gasteiger partial charge is 0.481 e. The molecule has 1 saturated heterocycles. The quantitative estimate of drug-likeness (QED) is 0.760. The van der Waals surface area contributed by atoms with E-state index in [-0.39, 0.29) is 17.7 Å². The highest BCUT2D eigenvalue weighted by atomic mass is 16.4. The van der Waals surface area contributed by atoms with Crippen LogP contribution in [0.5, 0.6) is 0 Å². The van der Waals surface area contributed by atoms with Crippen molar-refractivity contribution in [2.75, 3.05) is 13.1 Å². The fraction of sp³-hybridized carbons (Fsp3) is 0.818. The molecule has 0 bridgehead atoms. The predicted octanol–water partition coefficient (Wildman–Crippen LogP) is 1.11. The summed E-state index contributed by atoms with van der Waals surface area (Å²) in [6.45, 7) is 1.48. The molecular weight excluding hydrogens is 194 g/mol. The van der Waals surface area contributed by atoms with E-state index < -0.39 is 5.97 Å². The zero-order valence-corrected chi connectivity index (χ0v) is 8.82. The second kappa shape index (κ2) is 4.21. The summed E-state index contributed by atoms with van der Waals surface area (Å²) in [5.41, 5.74) is 0. The van der Waals surface area contributed by atoms with Crippen LogP contribution in [0.2, 0.25) is 0 Å². The number of aliphatic carboxylic acids is 1. The van der Waals surface area contributed by atoms with Crippen molar-refractivity contribution >= 4 is 11.9 Å². The summed E-state index contributed by atoms with van der Waals surface area (Å²) in [5, 5.41) is 9.02. The number of nitrogens with zero attached hydrogens (tertiary/aromatic N) is 1. The highest BCUT2D eigenvalue weighted by Gasteiger charge is 2.35. The molecule has 1 N–H and O–H groups in total. The zero-order chi connectivity index (χ0) is 10.8. The van der Waals surface area contributed by atoms with E-state index in [1.807, 2.05) is 4.90 Å². The van der Waals surface area contributed by atoms with Gasteiger partial charge >= 0.3 is 5.97 Å². The third kappa shape index (κ3) is 2.13. The molecule has 1 amide bonds. The van der Waals surface area contributed by atoms with Gasteiger partial charge in [-0.1, -0.05) is 6.42 Å². The van der Waals surface area contributed by atoms with Crippen LogP contribution in [0.4, 0.5) is 0 Å². The van der Waals surface area contributed by atoms with Crippen molar-refractivity contribution in [3.63, 3.8) is 0 Å². The van der Waals surface area contributed by atoms with Crippen LogP contribution in [0.3, 0.4) is 0 Å². The first kappa shape index (κ1) is 10.5. The van der Waals surface area contributed by atoms with Gasteiger partial charge in [0.25, 0.3) is 0 Å². The summed E-state index contributed by atoms with van der Waals surface area (Å²) in [6.07, 6.45) is 4.31. The average molecular weight is 211 g/mol. The molecule has 0 spiro atoms. The maximum Gasteiger partial charge on any atom is 0.306 e. The van der Waals surface area contributed by atoms with Gasteiger partial charge < -0.3 is 10.0 Å². The number of carbonyl (C=O) groups excluding carboxylic acids is 1. The van der Waals surface area contributed by atoms with E-state index in [4.69, 9.17) is 5.11 Å². The van der Waals surface area contributed by atoms with Crippen LogP contribution in [0.15, 0.2) is 0 Å². The van der Waals surface area contributed by atoms with Gasteiger partial charge in [-0.3, -0.25) is 9.59 Å². The molecule has 2 rings (SSSR count). The number of carbonyl (C=O) groups is 2. The summed E-state index contributed by atoms with van der Waals surface area (Å²) in [5.74, 6) is -0.530. The van der Waals surface area contributed by atoms with E-state index in [2.05, 4.69) is 0 Å². The molecule has 15 heavy (non-hydrogen) atoms. The van der Waals surface area contributed by atoms with E-state index in [9.17, 15) is 9.59 Å². The second-order valence-electron chi connectivity index (χ2n) is 4.58. The van der Waals surface area contributed by atoms with Gasteiger partial charge in [-0.25, -0.2) is 0 Å². The lowest BCUT2D eigenvalue weighted by molar-refractivity contribution is -0.143. The van der Waals surface area contributed by atoms with Gasteiger partial charge in [0.05, 0.1) is 5.92 Å². The normalized spacial score (nSPS) is 31.2. The predicted molar refractivity (Wildman–Crippen MR) is 54.3 cm³/mol. The lowest BCUT2D eigenvalue weighted by Gasteiger charge is -2.23. The van der Waals surface area contributed by atoms with Crippen molar-refractivity contribution in [2.45, 2.75) is 32.1 Å². The average Bonchev–Trinajstić information content (AvgIpc) is 2.77. The SMILES string of the molecule is O=C(O)C1CCCC1CN1CCCC1=O. The van der Waals surface area contributed by atoms with Gasteiger partial charge in [0, 0.05) is 19.5 Å². The maximum absolute atomic E-state index is 11.4. The summed E-state index contributed by atoms with van der Waals surface area (Å²) in [4.78, 5) is 24.2. The minimum absolute atomic E-state index is 0.185. The third-order valence-electron chi connectivity index (χ3n) is 3.60. The van der Waals surface area contributed by atoms with E-state index in [1.165, 1.54) is 0 Å². The van der Waals surface area contributed by atoms with Gasteiger partial charge in [-0.15, -0.1) is 0 Å². The molecule has 0 aromatic heterocycles. The Morgan fingerprint density at radius 3 is 2.80 bits per heavy atom. The molecule has 4 heteroatoms. The molecule has 0 aromatic rings. The van der Waals surface area contributed by atoms with Crippen LogP contribution in [0.25, 0.3) is 0 Å². The minimum Gasteiger partial charge on any atom is -0.481 e. The Morgan fingerprint density at radius 1 is 1.40 bits per heavy atom. The Hall–Kier alpha value is -1.06. The highest BCUT2D eigenvalue weighted by molar-refractivity contribution is 5.78. The van der Waals surface area contributed by atoms with Crippen molar-refractivity contribution in [3.05, 3.63) is 0 Å². The number of hydrogen-bond donors (Lipinski definition) is 1. The standard InChI is InChI=1S/C11H17NO3/c13-10-5-2-6-12(10)7-8-3-1-4-9(8)11(14)15/h8-9H,1-7H2,(H,14,15). The fourth-order valence-corrected chi connectivity index (χ4v) is 2.76. The van der Waals surface area contributed by atoms with Gasteiger partial charge in [-0.05, 0) is 25.2 Å². The molecule has 4 nitrogen and oxygen atoms in total. The molecular formula is C11H17NO3. The monoisotopic (exact) mass is 211 g/mol. The lowest BCUT2D eigenvalue weighted by Crippen LogP contribution is -2.33. The lowest BCUT2D eigenvalue weighted by atomic mass is 9.96. The number of likely N-dealkylation sites (tertiary alicyclic amines) is 1. The maximum atomic E-state index is 11.4. The van der Waals surface area contributed by atoms with E-state index in [0.717, 1.165) is 32.2 Å². The molecule has 1 aliphatic heterocycles. The molecule has 84 valence electrons. The van der Waals surface area contributed by atoms with Crippen LogP contribution >= 0.6 is 0 Å². The van der Waals surface area contributed by atoms with Crippen LogP contribution < -0.4 is 0 Å². The smallest absolute Gasteiger partial charge is 0.306 e. The molecule has 2 unspecified atom stereocenters. The Kier molecular flexibility index (Phi) is 2.93. The van der Waals surface area contributed by atoms with Crippen LogP contribution in [0, 0.1) is 11.8 Å². The van der Waals surface area contributed by atoms with Crippen molar-refractivity contribution in [1.82, 2.24) is 4.90 Å². The van der Waals surface area contributed by atoms with E-state index in [1.54, 1.807) is 0 Å². The summed E-state index contributed by atoms with van der Waals surface area (Å²) in [6, 6.07) is 0. The molecule has 2 atom stereocenters. The number of hydrogen-bond acceptors (Lipinski definition) is 2. The molecule has 2 fully saturated rings. The van der Waals surface area contributed by atoms with Gasteiger partial charge in [0.2, 0.25) is 5.91 Å². The Labute approximate surface area is 89.3 Å². The van der Waals surface area contributed by atoms with Crippen LogP contribution in [0.1, 0.15) is 32.1 Å². The van der Waals surface area contributed by atoms with Gasteiger partial charge in [0.15, 0.2) is 0 Å². The number of amides is 1. The Balaban J connectivity index is 1.93. The van der Waals surface area contributed by atoms with Crippen molar-refractivity contribution in [1.29, 1.82) is 0 Å². The summed E-state index contributed by atoms with van der Waals surface area (Å²) in [7, 11) is 0. The van der Waals surface area contributed by atoms with Crippen molar-refractivity contribution < 1.29 is 14.7 Å². The third-order valence-corrected chi connectivity index (χ3v) is 3.60. The van der Waals surface area contributed by atoms with Crippen molar-refractivity contribution in [2.24, 2.45) is 11.8 Å². The van der Waals surface area contributed by atoms with Crippen molar-refractivity contribution in [3.8, 4) is 0 Å². The number of rotatable bonds is 3. The fourth-order valence-electron chi connectivity index (χ4n) is 2.76. The summed E-state index contributed by atoms with van der Waals surface area (Å²) >= 11 is 0. The van der Waals surface area contributed by atoms with E-state index >= 15 is 0 Å². The van der Waals surface area contributed by atoms with E-state index in [0.29, 0.717) is 13.0 Å². The van der Waals surface area contributed by atoms with Gasteiger partial charge in [-0.2, -0.15) is 0 Å². The first-order valence-corrected chi connectivity index (χ1v) is 5.69. The molecule has 2 aliphatic rings. The summed E-state index contributed by atoms with van der Waals surface area (Å²) < 4.78 is 0. The zero-order valence-electron chi connectivity index (χ0n) is 8.82.